The van der Waals surface area contributed by atoms with Crippen molar-refractivity contribution in [2.45, 2.75) is 38.5 Å². The summed E-state index contributed by atoms with van der Waals surface area (Å²) in [4.78, 5) is 4.21. The largest absolute Gasteiger partial charge is 0.416 e. The molecule has 6 nitrogen and oxygen atoms in total. The van der Waals surface area contributed by atoms with Crippen LogP contribution in [0, 0.1) is 0 Å². The van der Waals surface area contributed by atoms with Crippen molar-refractivity contribution in [3.05, 3.63) is 70.5 Å². The average molecular weight is 479 g/mol. The minimum Gasteiger partial charge on any atom is -0.369 e. The van der Waals surface area contributed by atoms with E-state index in [2.05, 4.69) is 20.4 Å². The Kier molecular flexibility index (Phi) is 6.37. The summed E-state index contributed by atoms with van der Waals surface area (Å²) in [6, 6.07) is 12.8. The maximum absolute atomic E-state index is 13.2. The molecule has 2 heterocycles. The van der Waals surface area contributed by atoms with Crippen LogP contribution in [0.25, 0.3) is 0 Å². The summed E-state index contributed by atoms with van der Waals surface area (Å²) < 4.78 is 41.3. The van der Waals surface area contributed by atoms with Crippen LogP contribution in [0.4, 0.5) is 18.9 Å². The lowest BCUT2D eigenvalue weighted by molar-refractivity contribution is -0.137. The number of hydrogen-bond acceptors (Lipinski definition) is 5. The van der Waals surface area contributed by atoms with Crippen molar-refractivity contribution in [1.82, 2.24) is 25.1 Å². The van der Waals surface area contributed by atoms with Gasteiger partial charge in [0.1, 0.15) is 0 Å². The number of aromatic nitrogens is 4. The maximum Gasteiger partial charge on any atom is 0.416 e. The van der Waals surface area contributed by atoms with Crippen LogP contribution in [-0.2, 0) is 11.7 Å². The van der Waals surface area contributed by atoms with Crippen LogP contribution >= 0.6 is 11.6 Å². The molecule has 0 spiro atoms. The minimum absolute atomic E-state index is 0.281. The van der Waals surface area contributed by atoms with E-state index in [0.29, 0.717) is 42.7 Å². The third-order valence-corrected chi connectivity index (χ3v) is 6.14. The summed E-state index contributed by atoms with van der Waals surface area (Å²) in [5, 5.41) is 13.1. The summed E-state index contributed by atoms with van der Waals surface area (Å²) in [5.74, 6) is 0.683. The molecule has 1 saturated heterocycles. The molecular weight excluding hydrogens is 453 g/mol. The van der Waals surface area contributed by atoms with Crippen molar-refractivity contribution in [2.24, 2.45) is 0 Å². The van der Waals surface area contributed by atoms with E-state index in [9.17, 15) is 13.2 Å². The lowest BCUT2D eigenvalue weighted by Crippen LogP contribution is -2.49. The second-order valence-electron chi connectivity index (χ2n) is 9.11. The molecule has 1 fully saturated rings. The number of rotatable bonds is 4. The zero-order chi connectivity index (χ0) is 23.8. The fraction of sp³-hybridized carbons (Fsp3) is 0.435. The summed E-state index contributed by atoms with van der Waals surface area (Å²) in [7, 11) is 0. The van der Waals surface area contributed by atoms with E-state index in [1.165, 1.54) is 12.1 Å². The molecule has 1 atom stereocenters. The van der Waals surface area contributed by atoms with Crippen LogP contribution in [0.5, 0.6) is 0 Å². The molecule has 0 amide bonds. The zero-order valence-electron chi connectivity index (χ0n) is 18.7. The molecule has 1 aromatic heterocycles. The molecule has 0 radical (unpaired) electrons. The number of tetrazole rings is 1. The quantitative estimate of drug-likeness (QED) is 0.527. The molecule has 3 aromatic rings. The van der Waals surface area contributed by atoms with E-state index in [-0.39, 0.29) is 11.6 Å². The number of halogens is 4. The highest BCUT2D eigenvalue weighted by Gasteiger charge is 2.35. The van der Waals surface area contributed by atoms with Crippen LogP contribution in [0.1, 0.15) is 43.8 Å². The average Bonchev–Trinajstić information content (AvgIpc) is 3.25. The molecule has 0 saturated carbocycles. The molecule has 0 N–H and O–H groups in total. The predicted octanol–water partition coefficient (Wildman–Crippen LogP) is 5.01. The number of anilines is 1. The van der Waals surface area contributed by atoms with Crippen molar-refractivity contribution in [3.8, 4) is 0 Å². The highest BCUT2D eigenvalue weighted by molar-refractivity contribution is 6.31. The van der Waals surface area contributed by atoms with E-state index in [1.807, 2.05) is 49.9 Å². The Bertz CT molecular complexity index is 1100. The van der Waals surface area contributed by atoms with Crippen LogP contribution in [-0.4, -0.2) is 51.3 Å². The van der Waals surface area contributed by atoms with Gasteiger partial charge in [0.25, 0.3) is 0 Å². The third kappa shape index (κ3) is 4.99. The van der Waals surface area contributed by atoms with Gasteiger partial charge >= 0.3 is 6.18 Å². The summed E-state index contributed by atoms with van der Waals surface area (Å²) in [6.45, 7) is 8.46. The van der Waals surface area contributed by atoms with Gasteiger partial charge in [-0.05, 0) is 61.0 Å². The molecule has 2 aromatic carbocycles. The third-order valence-electron chi connectivity index (χ3n) is 5.79. The van der Waals surface area contributed by atoms with Gasteiger partial charge in [0.2, 0.25) is 0 Å². The van der Waals surface area contributed by atoms with Gasteiger partial charge in [-0.3, -0.25) is 4.90 Å². The molecule has 33 heavy (non-hydrogen) atoms. The number of hydrogen-bond donors (Lipinski definition) is 0. The normalized spacial score (nSPS) is 16.8. The van der Waals surface area contributed by atoms with Gasteiger partial charge in [0, 0.05) is 36.9 Å². The Morgan fingerprint density at radius 2 is 1.64 bits per heavy atom. The van der Waals surface area contributed by atoms with Gasteiger partial charge in [0.05, 0.1) is 17.1 Å². The van der Waals surface area contributed by atoms with E-state index in [0.717, 1.165) is 11.6 Å². The molecule has 10 heteroatoms. The van der Waals surface area contributed by atoms with Crippen LogP contribution in [0.15, 0.2) is 48.5 Å². The molecule has 1 aliphatic rings. The Labute approximate surface area is 195 Å². The Hall–Kier alpha value is -2.65. The topological polar surface area (TPSA) is 50.1 Å². The Balaban J connectivity index is 1.62. The van der Waals surface area contributed by atoms with Crippen LogP contribution < -0.4 is 4.90 Å². The van der Waals surface area contributed by atoms with Crippen molar-refractivity contribution in [1.29, 1.82) is 0 Å². The monoisotopic (exact) mass is 478 g/mol. The summed E-state index contributed by atoms with van der Waals surface area (Å²) in [6.07, 6.45) is -4.36. The number of piperazine rings is 1. The summed E-state index contributed by atoms with van der Waals surface area (Å²) in [5.41, 5.74) is 0.490. The molecule has 0 bridgehead atoms. The van der Waals surface area contributed by atoms with Gasteiger partial charge in [-0.2, -0.15) is 13.2 Å². The Morgan fingerprint density at radius 1 is 0.939 bits per heavy atom. The molecule has 1 aliphatic heterocycles. The molecular formula is C23H26ClF3N6. The minimum atomic E-state index is -4.36. The highest BCUT2D eigenvalue weighted by atomic mass is 35.5. The second kappa shape index (κ2) is 8.95. The molecule has 176 valence electrons. The first-order valence-corrected chi connectivity index (χ1v) is 11.1. The van der Waals surface area contributed by atoms with Gasteiger partial charge in [0.15, 0.2) is 5.82 Å². The smallest absolute Gasteiger partial charge is 0.369 e. The van der Waals surface area contributed by atoms with Crippen LogP contribution in [0.3, 0.4) is 0 Å². The number of nitrogens with zero attached hydrogens (tertiary/aromatic N) is 6. The predicted molar refractivity (Wildman–Crippen MR) is 121 cm³/mol. The number of alkyl halides is 3. The first kappa shape index (κ1) is 23.5. The van der Waals surface area contributed by atoms with Crippen LogP contribution in [0.2, 0.25) is 5.02 Å². The lowest BCUT2D eigenvalue weighted by atomic mass is 10.0. The van der Waals surface area contributed by atoms with Crippen molar-refractivity contribution in [2.75, 3.05) is 31.1 Å². The van der Waals surface area contributed by atoms with Crippen molar-refractivity contribution >= 4 is 17.3 Å². The lowest BCUT2D eigenvalue weighted by Gasteiger charge is -2.40. The molecule has 1 unspecified atom stereocenters. The van der Waals surface area contributed by atoms with E-state index < -0.39 is 11.7 Å². The van der Waals surface area contributed by atoms with Gasteiger partial charge < -0.3 is 4.90 Å². The van der Waals surface area contributed by atoms with Gasteiger partial charge in [-0.15, -0.1) is 5.10 Å². The number of benzene rings is 2. The fourth-order valence-electron chi connectivity index (χ4n) is 4.16. The standard InChI is InChI=1S/C23H26ClF3N6/c1-22(2,3)33-21(28-29-30-33)20(18-9-4-5-10-19(18)24)32-13-11-31(12-14-32)17-8-6-7-16(15-17)23(25,26)27/h4-10,15,20H,11-14H2,1-3H3. The molecule has 4 rings (SSSR count). The van der Waals surface area contributed by atoms with Gasteiger partial charge in [-0.25, -0.2) is 4.68 Å². The van der Waals surface area contributed by atoms with E-state index in [4.69, 9.17) is 11.6 Å². The second-order valence-corrected chi connectivity index (χ2v) is 9.52. The van der Waals surface area contributed by atoms with E-state index >= 15 is 0 Å². The van der Waals surface area contributed by atoms with E-state index in [1.54, 1.807) is 10.7 Å². The van der Waals surface area contributed by atoms with Gasteiger partial charge in [-0.1, -0.05) is 35.9 Å². The Morgan fingerprint density at radius 3 is 2.27 bits per heavy atom. The van der Waals surface area contributed by atoms with Crippen molar-refractivity contribution in [3.63, 3.8) is 0 Å². The SMILES string of the molecule is CC(C)(C)n1nnnc1C(c1ccccc1Cl)N1CCN(c2cccc(C(F)(F)F)c2)CC1. The van der Waals surface area contributed by atoms with Crippen molar-refractivity contribution < 1.29 is 13.2 Å². The molecule has 0 aliphatic carbocycles. The maximum atomic E-state index is 13.2. The zero-order valence-corrected chi connectivity index (χ0v) is 19.5. The summed E-state index contributed by atoms with van der Waals surface area (Å²) >= 11 is 6.58. The first-order valence-electron chi connectivity index (χ1n) is 10.7. The fourth-order valence-corrected chi connectivity index (χ4v) is 4.39. The first-order chi connectivity index (χ1) is 15.6. The highest BCUT2D eigenvalue weighted by Crippen LogP contribution is 2.36.